The summed E-state index contributed by atoms with van der Waals surface area (Å²) in [5, 5.41) is 0. The van der Waals surface area contributed by atoms with E-state index in [0.29, 0.717) is 17.7 Å². The molecular formula is C15H19NO2. The third-order valence-corrected chi connectivity index (χ3v) is 3.60. The monoisotopic (exact) mass is 245 g/mol. The SMILES string of the molecule is COc1c(C(=O)C2C=CC(N)C2)ccc(C)c1C. The molecule has 3 heteroatoms. The van der Waals surface area contributed by atoms with Gasteiger partial charge >= 0.3 is 0 Å². The Balaban J connectivity index is 2.36. The predicted octanol–water partition coefficient (Wildman–Crippen LogP) is 2.40. The number of hydrogen-bond acceptors (Lipinski definition) is 3. The fourth-order valence-corrected chi connectivity index (χ4v) is 2.37. The van der Waals surface area contributed by atoms with Crippen LogP contribution in [0.2, 0.25) is 0 Å². The summed E-state index contributed by atoms with van der Waals surface area (Å²) in [6, 6.07) is 3.81. The zero-order valence-corrected chi connectivity index (χ0v) is 11.1. The van der Waals surface area contributed by atoms with Crippen LogP contribution in [0.5, 0.6) is 5.75 Å². The smallest absolute Gasteiger partial charge is 0.173 e. The molecule has 0 heterocycles. The van der Waals surface area contributed by atoms with Crippen molar-refractivity contribution in [2.45, 2.75) is 26.3 Å². The van der Waals surface area contributed by atoms with Crippen molar-refractivity contribution >= 4 is 5.78 Å². The number of benzene rings is 1. The summed E-state index contributed by atoms with van der Waals surface area (Å²) in [5.74, 6) is 0.670. The number of ketones is 1. The van der Waals surface area contributed by atoms with E-state index in [4.69, 9.17) is 10.5 Å². The molecule has 1 aliphatic rings. The minimum atomic E-state index is -0.115. The van der Waals surface area contributed by atoms with Gasteiger partial charge < -0.3 is 10.5 Å². The van der Waals surface area contributed by atoms with Gasteiger partial charge in [0.15, 0.2) is 5.78 Å². The minimum absolute atomic E-state index is 0.00325. The van der Waals surface area contributed by atoms with E-state index >= 15 is 0 Å². The van der Waals surface area contributed by atoms with E-state index in [0.717, 1.165) is 11.1 Å². The average molecular weight is 245 g/mol. The van der Waals surface area contributed by atoms with E-state index < -0.39 is 0 Å². The third kappa shape index (κ3) is 2.18. The Morgan fingerprint density at radius 2 is 2.06 bits per heavy atom. The molecule has 0 radical (unpaired) electrons. The first-order valence-electron chi connectivity index (χ1n) is 6.17. The van der Waals surface area contributed by atoms with Gasteiger partial charge in [-0.25, -0.2) is 0 Å². The second-order valence-corrected chi connectivity index (χ2v) is 4.84. The van der Waals surface area contributed by atoms with Crippen LogP contribution in [0.15, 0.2) is 24.3 Å². The molecule has 2 atom stereocenters. The molecular weight excluding hydrogens is 226 g/mol. The lowest BCUT2D eigenvalue weighted by Crippen LogP contribution is -2.19. The number of hydrogen-bond donors (Lipinski definition) is 1. The maximum atomic E-state index is 12.4. The van der Waals surface area contributed by atoms with Crippen molar-refractivity contribution in [1.82, 2.24) is 0 Å². The highest BCUT2D eigenvalue weighted by molar-refractivity contribution is 6.02. The number of carbonyl (C=O) groups is 1. The molecule has 0 aliphatic heterocycles. The molecule has 1 aromatic rings. The molecule has 0 saturated heterocycles. The quantitative estimate of drug-likeness (QED) is 0.657. The normalized spacial score (nSPS) is 22.2. The summed E-state index contributed by atoms with van der Waals surface area (Å²) >= 11 is 0. The molecule has 1 aliphatic carbocycles. The van der Waals surface area contributed by atoms with E-state index in [2.05, 4.69) is 0 Å². The molecule has 2 unspecified atom stereocenters. The van der Waals surface area contributed by atoms with Gasteiger partial charge in [-0.1, -0.05) is 18.2 Å². The topological polar surface area (TPSA) is 52.3 Å². The van der Waals surface area contributed by atoms with Crippen LogP contribution in [-0.2, 0) is 0 Å². The molecule has 2 rings (SSSR count). The van der Waals surface area contributed by atoms with E-state index in [9.17, 15) is 4.79 Å². The first-order valence-corrected chi connectivity index (χ1v) is 6.17. The molecule has 96 valence electrons. The molecule has 18 heavy (non-hydrogen) atoms. The van der Waals surface area contributed by atoms with Gasteiger partial charge in [0.05, 0.1) is 12.7 Å². The number of aryl methyl sites for hydroxylation is 1. The zero-order valence-electron chi connectivity index (χ0n) is 11.1. The summed E-state index contributed by atoms with van der Waals surface area (Å²) in [4.78, 5) is 12.4. The number of rotatable bonds is 3. The molecule has 0 fully saturated rings. The van der Waals surface area contributed by atoms with Gasteiger partial charge in [-0.2, -0.15) is 0 Å². The van der Waals surface area contributed by atoms with Gasteiger partial charge in [-0.3, -0.25) is 4.79 Å². The maximum absolute atomic E-state index is 12.4. The molecule has 0 bridgehead atoms. The molecule has 0 amide bonds. The predicted molar refractivity (Wildman–Crippen MR) is 72.0 cm³/mol. The van der Waals surface area contributed by atoms with Crippen molar-refractivity contribution in [2.24, 2.45) is 11.7 Å². The summed E-state index contributed by atoms with van der Waals surface area (Å²) in [7, 11) is 1.61. The lowest BCUT2D eigenvalue weighted by atomic mass is 9.93. The van der Waals surface area contributed by atoms with E-state index in [1.807, 2.05) is 38.1 Å². The first kappa shape index (κ1) is 12.8. The van der Waals surface area contributed by atoms with Gasteiger partial charge in [0.1, 0.15) is 5.75 Å². The lowest BCUT2D eigenvalue weighted by molar-refractivity contribution is 0.0939. The second-order valence-electron chi connectivity index (χ2n) is 4.84. The van der Waals surface area contributed by atoms with Gasteiger partial charge in [-0.05, 0) is 37.5 Å². The molecule has 0 aromatic heterocycles. The number of ether oxygens (including phenoxy) is 1. The number of nitrogens with two attached hydrogens (primary N) is 1. The summed E-state index contributed by atoms with van der Waals surface area (Å²) in [5.41, 5.74) is 8.60. The van der Waals surface area contributed by atoms with E-state index in [-0.39, 0.29) is 17.7 Å². The minimum Gasteiger partial charge on any atom is -0.496 e. The highest BCUT2D eigenvalue weighted by Gasteiger charge is 2.26. The largest absolute Gasteiger partial charge is 0.496 e. The van der Waals surface area contributed by atoms with Crippen molar-refractivity contribution < 1.29 is 9.53 Å². The van der Waals surface area contributed by atoms with Crippen molar-refractivity contribution in [2.75, 3.05) is 7.11 Å². The van der Waals surface area contributed by atoms with Crippen molar-refractivity contribution in [3.8, 4) is 5.75 Å². The highest BCUT2D eigenvalue weighted by atomic mass is 16.5. The van der Waals surface area contributed by atoms with Crippen LogP contribution in [0, 0.1) is 19.8 Å². The van der Waals surface area contributed by atoms with E-state index in [1.54, 1.807) is 7.11 Å². The molecule has 3 nitrogen and oxygen atoms in total. The molecule has 2 N–H and O–H groups in total. The zero-order chi connectivity index (χ0) is 13.3. The Labute approximate surface area is 108 Å². The molecule has 0 saturated carbocycles. The summed E-state index contributed by atoms with van der Waals surface area (Å²) in [6.45, 7) is 3.98. The Bertz CT molecular complexity index is 505. The van der Waals surface area contributed by atoms with Gasteiger partial charge in [0.25, 0.3) is 0 Å². The first-order chi connectivity index (χ1) is 8.54. The summed E-state index contributed by atoms with van der Waals surface area (Å²) in [6.07, 6.45) is 4.49. The fraction of sp³-hybridized carbons (Fsp3) is 0.400. The van der Waals surface area contributed by atoms with Gasteiger partial charge in [0.2, 0.25) is 0 Å². The van der Waals surface area contributed by atoms with Crippen LogP contribution in [0.4, 0.5) is 0 Å². The average Bonchev–Trinajstić information content (AvgIpc) is 2.78. The van der Waals surface area contributed by atoms with Gasteiger partial charge in [0, 0.05) is 12.0 Å². The van der Waals surface area contributed by atoms with Crippen molar-refractivity contribution in [3.05, 3.63) is 41.0 Å². The Kier molecular flexibility index (Phi) is 3.53. The van der Waals surface area contributed by atoms with Crippen LogP contribution < -0.4 is 10.5 Å². The van der Waals surface area contributed by atoms with Crippen LogP contribution in [-0.4, -0.2) is 18.9 Å². The van der Waals surface area contributed by atoms with Crippen LogP contribution in [0.25, 0.3) is 0 Å². The van der Waals surface area contributed by atoms with E-state index in [1.165, 1.54) is 0 Å². The standard InChI is InChI=1S/C15H19NO2/c1-9-4-7-13(15(18-3)10(9)2)14(17)11-5-6-12(16)8-11/h4-7,11-12H,8,16H2,1-3H3. The highest BCUT2D eigenvalue weighted by Crippen LogP contribution is 2.30. The maximum Gasteiger partial charge on any atom is 0.173 e. The summed E-state index contributed by atoms with van der Waals surface area (Å²) < 4.78 is 5.39. The molecule has 1 aromatic carbocycles. The van der Waals surface area contributed by atoms with Crippen LogP contribution in [0.3, 0.4) is 0 Å². The Morgan fingerprint density at radius 3 is 2.61 bits per heavy atom. The second kappa shape index (κ2) is 4.94. The number of Topliss-reactive ketones (excluding diaryl/α,β-unsaturated/α-hetero) is 1. The van der Waals surface area contributed by atoms with Crippen molar-refractivity contribution in [1.29, 1.82) is 0 Å². The van der Waals surface area contributed by atoms with Crippen molar-refractivity contribution in [3.63, 3.8) is 0 Å². The van der Waals surface area contributed by atoms with Gasteiger partial charge in [-0.15, -0.1) is 0 Å². The van der Waals surface area contributed by atoms with Crippen LogP contribution >= 0.6 is 0 Å². The van der Waals surface area contributed by atoms with Crippen LogP contribution in [0.1, 0.15) is 27.9 Å². The third-order valence-electron chi connectivity index (χ3n) is 3.60. The fourth-order valence-electron chi connectivity index (χ4n) is 2.37. The number of methoxy groups -OCH3 is 1. The number of allylic oxidation sites excluding steroid dienone is 1. The lowest BCUT2D eigenvalue weighted by Gasteiger charge is -2.15. The Hall–Kier alpha value is -1.61. The number of carbonyl (C=O) groups excluding carboxylic acids is 1. The molecule has 0 spiro atoms. The Morgan fingerprint density at radius 1 is 1.33 bits per heavy atom.